The number of carbonyl (C=O) groups is 2. The van der Waals surface area contributed by atoms with Crippen molar-refractivity contribution < 1.29 is 19.8 Å². The lowest BCUT2D eigenvalue weighted by Gasteiger charge is -2.17. The fourth-order valence-corrected chi connectivity index (χ4v) is 1.32. The fraction of sp³-hybridized carbons (Fsp3) is 0.857. The Hall–Kier alpha value is -1.06. The van der Waals surface area contributed by atoms with Gasteiger partial charge < -0.3 is 10.2 Å². The molecule has 0 unspecified atom stereocenters. The van der Waals surface area contributed by atoms with E-state index in [1.165, 1.54) is 6.42 Å². The van der Waals surface area contributed by atoms with Gasteiger partial charge in [-0.3, -0.25) is 9.59 Å². The summed E-state index contributed by atoms with van der Waals surface area (Å²) in [6, 6.07) is 0. The lowest BCUT2D eigenvalue weighted by Crippen LogP contribution is -2.04. The molecule has 0 fully saturated rings. The average molecular weight is 260 g/mol. The van der Waals surface area contributed by atoms with Crippen LogP contribution < -0.4 is 0 Å². The second kappa shape index (κ2) is 11.1. The first kappa shape index (κ1) is 19.3. The van der Waals surface area contributed by atoms with Crippen LogP contribution in [0.25, 0.3) is 0 Å². The molecule has 18 heavy (non-hydrogen) atoms. The van der Waals surface area contributed by atoms with Gasteiger partial charge in [0, 0.05) is 12.8 Å². The molecule has 0 saturated carbocycles. The molecule has 0 saturated heterocycles. The van der Waals surface area contributed by atoms with Gasteiger partial charge in [0.25, 0.3) is 0 Å². The summed E-state index contributed by atoms with van der Waals surface area (Å²) in [5, 5.41) is 16.3. The summed E-state index contributed by atoms with van der Waals surface area (Å²) in [5.41, 5.74) is 0.392. The molecule has 0 rings (SSSR count). The van der Waals surface area contributed by atoms with Crippen molar-refractivity contribution in [1.29, 1.82) is 0 Å². The Morgan fingerprint density at radius 3 is 1.67 bits per heavy atom. The van der Waals surface area contributed by atoms with Crippen LogP contribution in [0.5, 0.6) is 0 Å². The Morgan fingerprint density at radius 1 is 0.889 bits per heavy atom. The minimum absolute atomic E-state index is 0.292. The van der Waals surface area contributed by atoms with E-state index in [1.807, 2.05) is 6.92 Å². The van der Waals surface area contributed by atoms with Crippen molar-refractivity contribution in [1.82, 2.24) is 0 Å². The SMILES string of the molecule is CC(C)(C)CCCCCC(=O)O.CCCC(=O)O. The van der Waals surface area contributed by atoms with Crippen LogP contribution in [0.1, 0.15) is 72.6 Å². The smallest absolute Gasteiger partial charge is 0.303 e. The van der Waals surface area contributed by atoms with Gasteiger partial charge in [-0.25, -0.2) is 0 Å². The van der Waals surface area contributed by atoms with Gasteiger partial charge in [0.1, 0.15) is 0 Å². The molecule has 0 amide bonds. The summed E-state index contributed by atoms with van der Waals surface area (Å²) >= 11 is 0. The molecule has 0 aliphatic carbocycles. The Morgan fingerprint density at radius 2 is 1.39 bits per heavy atom. The molecule has 0 aromatic rings. The molecule has 0 heterocycles. The quantitative estimate of drug-likeness (QED) is 0.680. The van der Waals surface area contributed by atoms with Crippen LogP contribution in [-0.2, 0) is 9.59 Å². The maximum absolute atomic E-state index is 10.2. The van der Waals surface area contributed by atoms with E-state index in [9.17, 15) is 9.59 Å². The number of hydrogen-bond donors (Lipinski definition) is 2. The molecule has 0 bridgehead atoms. The van der Waals surface area contributed by atoms with Crippen molar-refractivity contribution >= 4 is 11.9 Å². The van der Waals surface area contributed by atoms with E-state index in [0.29, 0.717) is 18.3 Å². The van der Waals surface area contributed by atoms with Gasteiger partial charge in [-0.05, 0) is 24.7 Å². The van der Waals surface area contributed by atoms with E-state index in [2.05, 4.69) is 20.8 Å². The third-order valence-corrected chi connectivity index (χ3v) is 2.28. The Balaban J connectivity index is 0. The fourth-order valence-electron chi connectivity index (χ4n) is 1.32. The number of aliphatic carboxylic acids is 2. The molecular formula is C14H28O4. The number of rotatable bonds is 7. The highest BCUT2D eigenvalue weighted by Crippen LogP contribution is 2.22. The predicted molar refractivity (Wildman–Crippen MR) is 72.7 cm³/mol. The Labute approximate surface area is 110 Å². The van der Waals surface area contributed by atoms with E-state index >= 15 is 0 Å². The van der Waals surface area contributed by atoms with Gasteiger partial charge in [-0.15, -0.1) is 0 Å². The largest absolute Gasteiger partial charge is 0.481 e. The van der Waals surface area contributed by atoms with Crippen LogP contribution in [0.15, 0.2) is 0 Å². The third kappa shape index (κ3) is 24.3. The van der Waals surface area contributed by atoms with E-state index in [-0.39, 0.29) is 0 Å². The van der Waals surface area contributed by atoms with E-state index in [0.717, 1.165) is 25.7 Å². The maximum Gasteiger partial charge on any atom is 0.303 e. The van der Waals surface area contributed by atoms with Crippen molar-refractivity contribution in [3.63, 3.8) is 0 Å². The summed E-state index contributed by atoms with van der Waals surface area (Å²) < 4.78 is 0. The third-order valence-electron chi connectivity index (χ3n) is 2.28. The van der Waals surface area contributed by atoms with Crippen LogP contribution in [0.4, 0.5) is 0 Å². The zero-order valence-electron chi connectivity index (χ0n) is 12.2. The summed E-state index contributed by atoms with van der Waals surface area (Å²) in [4.78, 5) is 19.8. The normalized spacial score (nSPS) is 10.4. The maximum atomic E-state index is 10.2. The van der Waals surface area contributed by atoms with Gasteiger partial charge >= 0.3 is 11.9 Å². The molecular weight excluding hydrogens is 232 g/mol. The zero-order chi connectivity index (χ0) is 14.6. The first-order valence-corrected chi connectivity index (χ1v) is 6.62. The number of hydrogen-bond acceptors (Lipinski definition) is 2. The number of carboxylic acids is 2. The second-order valence-corrected chi connectivity index (χ2v) is 5.66. The van der Waals surface area contributed by atoms with Crippen LogP contribution in [0.3, 0.4) is 0 Å². The Kier molecular flexibility index (Phi) is 11.8. The Bertz CT molecular complexity index is 228. The van der Waals surface area contributed by atoms with E-state index < -0.39 is 11.9 Å². The molecule has 0 spiro atoms. The summed E-state index contributed by atoms with van der Waals surface area (Å²) in [5.74, 6) is -1.39. The van der Waals surface area contributed by atoms with Gasteiger partial charge in [0.15, 0.2) is 0 Å². The zero-order valence-corrected chi connectivity index (χ0v) is 12.2. The highest BCUT2D eigenvalue weighted by molar-refractivity contribution is 5.66. The van der Waals surface area contributed by atoms with Gasteiger partial charge in [-0.1, -0.05) is 40.5 Å². The van der Waals surface area contributed by atoms with Crippen LogP contribution in [0, 0.1) is 5.41 Å². The summed E-state index contributed by atoms with van der Waals surface area (Å²) in [7, 11) is 0. The lowest BCUT2D eigenvalue weighted by atomic mass is 9.89. The molecule has 108 valence electrons. The molecule has 0 aliphatic heterocycles. The monoisotopic (exact) mass is 260 g/mol. The first-order chi connectivity index (χ1) is 8.19. The number of unbranched alkanes of at least 4 members (excludes halogenated alkanes) is 2. The molecule has 2 N–H and O–H groups in total. The van der Waals surface area contributed by atoms with Gasteiger partial charge in [-0.2, -0.15) is 0 Å². The van der Waals surface area contributed by atoms with Crippen molar-refractivity contribution in [2.75, 3.05) is 0 Å². The van der Waals surface area contributed by atoms with Crippen molar-refractivity contribution in [2.24, 2.45) is 5.41 Å². The molecule has 4 heteroatoms. The van der Waals surface area contributed by atoms with Gasteiger partial charge in [0.2, 0.25) is 0 Å². The molecule has 4 nitrogen and oxygen atoms in total. The molecule has 0 aliphatic rings. The number of carboxylic acid groups (broad SMARTS) is 2. The lowest BCUT2D eigenvalue weighted by molar-refractivity contribution is -0.138. The molecule has 0 radical (unpaired) electrons. The van der Waals surface area contributed by atoms with Crippen molar-refractivity contribution in [2.45, 2.75) is 72.6 Å². The standard InChI is InChI=1S/C10H20O2.C4H8O2/c1-10(2,3)8-6-4-5-7-9(11)12;1-2-3-4(5)6/h4-8H2,1-3H3,(H,11,12);2-3H2,1H3,(H,5,6). The van der Waals surface area contributed by atoms with Crippen molar-refractivity contribution in [3.05, 3.63) is 0 Å². The summed E-state index contributed by atoms with van der Waals surface area (Å²) in [6.45, 7) is 8.48. The molecule has 0 atom stereocenters. The van der Waals surface area contributed by atoms with E-state index in [4.69, 9.17) is 10.2 Å². The average Bonchev–Trinajstić information content (AvgIpc) is 2.15. The van der Waals surface area contributed by atoms with Gasteiger partial charge in [0.05, 0.1) is 0 Å². The minimum Gasteiger partial charge on any atom is -0.481 e. The minimum atomic E-state index is -0.711. The van der Waals surface area contributed by atoms with E-state index in [1.54, 1.807) is 0 Å². The highest BCUT2D eigenvalue weighted by atomic mass is 16.4. The van der Waals surface area contributed by atoms with Crippen LogP contribution in [-0.4, -0.2) is 22.2 Å². The topological polar surface area (TPSA) is 74.6 Å². The van der Waals surface area contributed by atoms with Crippen molar-refractivity contribution in [3.8, 4) is 0 Å². The molecule has 0 aromatic heterocycles. The van der Waals surface area contributed by atoms with Crippen LogP contribution >= 0.6 is 0 Å². The first-order valence-electron chi connectivity index (χ1n) is 6.62. The molecule has 0 aromatic carbocycles. The summed E-state index contributed by atoms with van der Waals surface area (Å²) in [6.07, 6.45) is 5.55. The highest BCUT2D eigenvalue weighted by Gasteiger charge is 2.08. The predicted octanol–water partition coefficient (Wildman–Crippen LogP) is 3.94. The van der Waals surface area contributed by atoms with Crippen LogP contribution in [0.2, 0.25) is 0 Å². The second-order valence-electron chi connectivity index (χ2n) is 5.66.